The first-order chi connectivity index (χ1) is 10.8. The minimum Gasteiger partial charge on any atom is -0.300 e. The zero-order valence-electron chi connectivity index (χ0n) is 12.5. The van der Waals surface area contributed by atoms with Crippen LogP contribution in [0.15, 0.2) is 42.0 Å². The number of aromatic nitrogens is 1. The molecule has 0 bridgehead atoms. The summed E-state index contributed by atoms with van der Waals surface area (Å²) < 4.78 is 25.1. The molecule has 0 saturated carbocycles. The Morgan fingerprint density at radius 3 is 2.65 bits per heavy atom. The fourth-order valence-electron chi connectivity index (χ4n) is 1.82. The van der Waals surface area contributed by atoms with Crippen molar-refractivity contribution in [2.45, 2.75) is 13.0 Å². The number of anilines is 1. The van der Waals surface area contributed by atoms with E-state index in [1.807, 2.05) is 6.92 Å². The van der Waals surface area contributed by atoms with Crippen LogP contribution in [0.25, 0.3) is 0 Å². The van der Waals surface area contributed by atoms with Crippen molar-refractivity contribution in [1.82, 2.24) is 9.29 Å². The maximum absolute atomic E-state index is 12.4. The number of carbonyl (C=O) groups excluding carboxylic acids is 2. The Balaban J connectivity index is 2.36. The maximum Gasteiger partial charge on any atom is 0.252 e. The van der Waals surface area contributed by atoms with Gasteiger partial charge in [0.05, 0.1) is 0 Å². The number of likely N-dealkylation sites (N-methyl/N-ethyl adjacent to an activating group) is 1. The summed E-state index contributed by atoms with van der Waals surface area (Å²) in [6, 6.07) is -1.50. The molecule has 1 amide bonds. The molecule has 1 aliphatic heterocycles. The lowest BCUT2D eigenvalue weighted by Crippen LogP contribution is -2.48. The molecule has 0 radical (unpaired) electrons. The SMILES string of the molecule is Cc1cnc(NC(=O)C2C(=O)C=CC=CC=CS(=O)(=O)N2C)s1. The van der Waals surface area contributed by atoms with Crippen LogP contribution >= 0.6 is 11.3 Å². The number of hydrogen-bond acceptors (Lipinski definition) is 6. The van der Waals surface area contributed by atoms with Crippen molar-refractivity contribution in [3.63, 3.8) is 0 Å². The molecule has 2 rings (SSSR count). The van der Waals surface area contributed by atoms with Crippen LogP contribution in [-0.4, -0.2) is 42.5 Å². The van der Waals surface area contributed by atoms with E-state index in [0.29, 0.717) is 5.13 Å². The molecule has 0 fully saturated rings. The molecule has 23 heavy (non-hydrogen) atoms. The highest BCUT2D eigenvalue weighted by molar-refractivity contribution is 7.92. The van der Waals surface area contributed by atoms with Gasteiger partial charge in [-0.15, -0.1) is 11.3 Å². The van der Waals surface area contributed by atoms with Gasteiger partial charge in [-0.2, -0.15) is 4.31 Å². The highest BCUT2D eigenvalue weighted by Gasteiger charge is 2.35. The number of nitrogens with one attached hydrogen (secondary N) is 1. The zero-order chi connectivity index (χ0) is 17.0. The Hall–Kier alpha value is -2.10. The summed E-state index contributed by atoms with van der Waals surface area (Å²) in [4.78, 5) is 29.5. The number of thiazole rings is 1. The molecule has 122 valence electrons. The van der Waals surface area contributed by atoms with Crippen molar-refractivity contribution < 1.29 is 18.0 Å². The Labute approximate surface area is 138 Å². The van der Waals surface area contributed by atoms with Gasteiger partial charge in [-0.05, 0) is 19.1 Å². The van der Waals surface area contributed by atoms with E-state index in [1.54, 1.807) is 6.20 Å². The predicted molar refractivity (Wildman–Crippen MR) is 88.4 cm³/mol. The number of carbonyl (C=O) groups is 2. The smallest absolute Gasteiger partial charge is 0.252 e. The Kier molecular flexibility index (Phi) is 5.24. The lowest BCUT2D eigenvalue weighted by molar-refractivity contribution is -0.127. The van der Waals surface area contributed by atoms with E-state index in [-0.39, 0.29) is 0 Å². The molecular formula is C14H15N3O4S2. The maximum atomic E-state index is 12.4. The first-order valence-corrected chi connectivity index (χ1v) is 8.90. The minimum absolute atomic E-state index is 0.308. The van der Waals surface area contributed by atoms with E-state index in [1.165, 1.54) is 48.8 Å². The Bertz CT molecular complexity index is 806. The summed E-state index contributed by atoms with van der Waals surface area (Å²) in [6.45, 7) is 1.82. The van der Waals surface area contributed by atoms with E-state index in [4.69, 9.17) is 0 Å². The number of sulfonamides is 1. The molecule has 1 aromatic heterocycles. The molecule has 0 aromatic carbocycles. The number of hydrogen-bond donors (Lipinski definition) is 1. The molecule has 0 spiro atoms. The monoisotopic (exact) mass is 353 g/mol. The highest BCUT2D eigenvalue weighted by Crippen LogP contribution is 2.18. The third-order valence-electron chi connectivity index (χ3n) is 2.98. The molecule has 1 unspecified atom stereocenters. The number of aryl methyl sites for hydroxylation is 1. The van der Waals surface area contributed by atoms with E-state index in [2.05, 4.69) is 10.3 Å². The molecule has 0 saturated heterocycles. The molecule has 0 aliphatic carbocycles. The third kappa shape index (κ3) is 4.21. The normalized spacial score (nSPS) is 21.3. The Morgan fingerprint density at radius 1 is 1.30 bits per heavy atom. The number of ketones is 1. The Morgan fingerprint density at radius 2 is 2.00 bits per heavy atom. The van der Waals surface area contributed by atoms with E-state index in [0.717, 1.165) is 14.6 Å². The molecule has 1 aromatic rings. The van der Waals surface area contributed by atoms with E-state index in [9.17, 15) is 18.0 Å². The average Bonchev–Trinajstić information content (AvgIpc) is 2.87. The van der Waals surface area contributed by atoms with Gasteiger partial charge in [0.15, 0.2) is 17.0 Å². The number of allylic oxidation sites excluding steroid dienone is 4. The van der Waals surface area contributed by atoms with Gasteiger partial charge in [-0.25, -0.2) is 13.4 Å². The van der Waals surface area contributed by atoms with Gasteiger partial charge in [0.2, 0.25) is 10.0 Å². The third-order valence-corrected chi connectivity index (χ3v) is 5.32. The summed E-state index contributed by atoms with van der Waals surface area (Å²) in [5.41, 5.74) is 0. The molecule has 1 N–H and O–H groups in total. The number of nitrogens with zero attached hydrogens (tertiary/aromatic N) is 2. The topological polar surface area (TPSA) is 96.4 Å². The fourth-order valence-corrected chi connectivity index (χ4v) is 3.46. The quantitative estimate of drug-likeness (QED) is 0.807. The minimum atomic E-state index is -3.91. The van der Waals surface area contributed by atoms with Gasteiger partial charge in [-0.1, -0.05) is 18.2 Å². The van der Waals surface area contributed by atoms with Crippen LogP contribution in [0, 0.1) is 6.92 Å². The summed E-state index contributed by atoms with van der Waals surface area (Å²) in [6.07, 6.45) is 8.50. The second-order valence-corrected chi connectivity index (χ2v) is 7.82. The lowest BCUT2D eigenvalue weighted by Gasteiger charge is -2.23. The first-order valence-electron chi connectivity index (χ1n) is 6.58. The lowest BCUT2D eigenvalue weighted by atomic mass is 10.1. The standard InChI is InChI=1S/C14H15N3O4S2/c1-10-9-15-14(22-10)16-13(19)12-11(18)7-5-3-4-6-8-23(20,21)17(12)2/h3-9,12H,1-2H3,(H,15,16,19). The summed E-state index contributed by atoms with van der Waals surface area (Å²) in [7, 11) is -2.72. The summed E-state index contributed by atoms with van der Waals surface area (Å²) in [5, 5.41) is 3.72. The van der Waals surface area contributed by atoms with Gasteiger partial charge >= 0.3 is 0 Å². The molecule has 7 nitrogen and oxygen atoms in total. The van der Waals surface area contributed by atoms with Gasteiger partial charge < -0.3 is 5.32 Å². The van der Waals surface area contributed by atoms with Gasteiger partial charge in [-0.3, -0.25) is 9.59 Å². The summed E-state index contributed by atoms with van der Waals surface area (Å²) >= 11 is 1.23. The zero-order valence-corrected chi connectivity index (χ0v) is 14.1. The number of rotatable bonds is 2. The summed E-state index contributed by atoms with van der Waals surface area (Å²) in [5.74, 6) is -1.39. The van der Waals surface area contributed by atoms with Crippen LogP contribution < -0.4 is 5.32 Å². The van der Waals surface area contributed by atoms with Crippen LogP contribution in [0.1, 0.15) is 4.88 Å². The molecule has 2 heterocycles. The van der Waals surface area contributed by atoms with Crippen LogP contribution in [0.4, 0.5) is 5.13 Å². The van der Waals surface area contributed by atoms with Crippen molar-refractivity contribution in [1.29, 1.82) is 0 Å². The van der Waals surface area contributed by atoms with E-state index >= 15 is 0 Å². The first kappa shape index (κ1) is 17.3. The molecule has 1 atom stereocenters. The average molecular weight is 353 g/mol. The van der Waals surface area contributed by atoms with Crippen LogP contribution in [0.2, 0.25) is 0 Å². The molecule has 9 heteroatoms. The molecule has 1 aliphatic rings. The second kappa shape index (κ2) is 6.99. The van der Waals surface area contributed by atoms with E-state index < -0.39 is 27.8 Å². The van der Waals surface area contributed by atoms with Gasteiger partial charge in [0.25, 0.3) is 5.91 Å². The largest absolute Gasteiger partial charge is 0.300 e. The van der Waals surface area contributed by atoms with Crippen LogP contribution in [0.3, 0.4) is 0 Å². The fraction of sp³-hybridized carbons (Fsp3) is 0.214. The van der Waals surface area contributed by atoms with Crippen molar-refractivity contribution in [3.05, 3.63) is 46.9 Å². The van der Waals surface area contributed by atoms with Crippen molar-refractivity contribution in [3.8, 4) is 0 Å². The highest BCUT2D eigenvalue weighted by atomic mass is 32.2. The van der Waals surface area contributed by atoms with Crippen molar-refractivity contribution in [2.24, 2.45) is 0 Å². The van der Waals surface area contributed by atoms with Crippen molar-refractivity contribution in [2.75, 3.05) is 12.4 Å². The van der Waals surface area contributed by atoms with Crippen LogP contribution in [-0.2, 0) is 19.6 Å². The second-order valence-electron chi connectivity index (χ2n) is 4.70. The van der Waals surface area contributed by atoms with Crippen LogP contribution in [0.5, 0.6) is 0 Å². The van der Waals surface area contributed by atoms with Gasteiger partial charge in [0.1, 0.15) is 0 Å². The van der Waals surface area contributed by atoms with Gasteiger partial charge in [0, 0.05) is 23.5 Å². The molecular weight excluding hydrogens is 338 g/mol. The van der Waals surface area contributed by atoms with Crippen molar-refractivity contribution >= 4 is 38.2 Å². The predicted octanol–water partition coefficient (Wildman–Crippen LogP) is 1.23. The number of amides is 1.